The number of likely N-dealkylation sites (tertiary alicyclic amines) is 1. The summed E-state index contributed by atoms with van der Waals surface area (Å²) in [6.45, 7) is 4.46. The van der Waals surface area contributed by atoms with Crippen molar-refractivity contribution in [3.63, 3.8) is 0 Å². The van der Waals surface area contributed by atoms with Crippen molar-refractivity contribution in [3.8, 4) is 22.5 Å². The molecule has 6 heterocycles. The van der Waals surface area contributed by atoms with E-state index in [2.05, 4.69) is 52.8 Å². The van der Waals surface area contributed by atoms with E-state index in [0.717, 1.165) is 86.5 Å². The van der Waals surface area contributed by atoms with Gasteiger partial charge in [0.25, 0.3) is 0 Å². The fourth-order valence-electron chi connectivity index (χ4n) is 9.40. The normalized spacial score (nSPS) is 19.1. The van der Waals surface area contributed by atoms with Gasteiger partial charge in [0.15, 0.2) is 0 Å². The van der Waals surface area contributed by atoms with Crippen molar-refractivity contribution in [2.24, 2.45) is 16.8 Å². The van der Waals surface area contributed by atoms with Gasteiger partial charge < -0.3 is 34.7 Å². The Balaban J connectivity index is 0.000000830. The smallest absolute Gasteiger partial charge is 0.475 e. The van der Waals surface area contributed by atoms with E-state index >= 15 is 0 Å². The molecule has 3 aromatic carbocycles. The van der Waals surface area contributed by atoms with E-state index in [1.54, 1.807) is 0 Å². The summed E-state index contributed by atoms with van der Waals surface area (Å²) in [6, 6.07) is 23.6. The molecular formula is C50H50F3N7O8. The molecule has 0 radical (unpaired) electrons. The number of amides is 3. The zero-order valence-electron chi connectivity index (χ0n) is 37.8. The van der Waals surface area contributed by atoms with Crippen LogP contribution in [0, 0.1) is 11.8 Å². The molecular weight excluding hydrogens is 884 g/mol. The second-order valence-electron chi connectivity index (χ2n) is 17.5. The first-order valence-corrected chi connectivity index (χ1v) is 22.3. The number of carbonyl (C=O) groups excluding carboxylic acids is 4. The van der Waals surface area contributed by atoms with Gasteiger partial charge in [-0.3, -0.25) is 19.4 Å². The summed E-state index contributed by atoms with van der Waals surface area (Å²) in [5, 5.41) is 10.8. The Labute approximate surface area is 389 Å². The minimum Gasteiger partial charge on any atom is -0.475 e. The number of pyridine rings is 1. The van der Waals surface area contributed by atoms with Gasteiger partial charge in [0.1, 0.15) is 11.9 Å². The van der Waals surface area contributed by atoms with Crippen LogP contribution in [0.15, 0.2) is 90.1 Å². The van der Waals surface area contributed by atoms with Crippen LogP contribution in [-0.2, 0) is 41.5 Å². The highest BCUT2D eigenvalue weighted by Crippen LogP contribution is 2.46. The summed E-state index contributed by atoms with van der Waals surface area (Å²) in [5.41, 5.74) is 10.5. The van der Waals surface area contributed by atoms with Gasteiger partial charge in [-0.2, -0.15) is 13.2 Å². The molecule has 4 aliphatic rings. The number of alkyl halides is 3. The van der Waals surface area contributed by atoms with E-state index in [0.29, 0.717) is 31.6 Å². The molecule has 3 N–H and O–H groups in total. The van der Waals surface area contributed by atoms with E-state index in [9.17, 15) is 32.3 Å². The Kier molecular flexibility index (Phi) is 13.5. The van der Waals surface area contributed by atoms with E-state index in [1.807, 2.05) is 66.2 Å². The lowest BCUT2D eigenvalue weighted by atomic mass is 9.95. The van der Waals surface area contributed by atoms with Gasteiger partial charge in [-0.05, 0) is 66.5 Å². The molecule has 354 valence electrons. The summed E-state index contributed by atoms with van der Waals surface area (Å²) in [4.78, 5) is 82.9. The number of anilines is 1. The van der Waals surface area contributed by atoms with Crippen molar-refractivity contribution >= 4 is 57.8 Å². The first-order valence-electron chi connectivity index (χ1n) is 22.3. The van der Waals surface area contributed by atoms with Crippen LogP contribution >= 0.6 is 0 Å². The zero-order chi connectivity index (χ0) is 48.4. The number of imidazole rings is 1. The molecule has 9 rings (SSSR count). The summed E-state index contributed by atoms with van der Waals surface area (Å²) >= 11 is 0. The predicted molar refractivity (Wildman–Crippen MR) is 246 cm³/mol. The van der Waals surface area contributed by atoms with Crippen LogP contribution in [0.5, 0.6) is 0 Å². The number of aliphatic imine (C=N–C) groups is 1. The number of nitrogens with one attached hydrogen (secondary N) is 2. The molecule has 18 heteroatoms. The van der Waals surface area contributed by atoms with Crippen LogP contribution < -0.4 is 10.2 Å². The first-order chi connectivity index (χ1) is 32.5. The van der Waals surface area contributed by atoms with Crippen LogP contribution in [0.25, 0.3) is 39.1 Å². The minimum absolute atomic E-state index is 0.0598. The van der Waals surface area contributed by atoms with E-state index in [-0.39, 0.29) is 42.2 Å². The Morgan fingerprint density at radius 3 is 2.35 bits per heavy atom. The number of hydrogen-bond donors (Lipinski definition) is 3. The summed E-state index contributed by atoms with van der Waals surface area (Å²) in [7, 11) is 2.66. The van der Waals surface area contributed by atoms with Gasteiger partial charge in [0.2, 0.25) is 11.8 Å². The lowest BCUT2D eigenvalue weighted by molar-refractivity contribution is -0.192. The molecule has 0 aliphatic carbocycles. The van der Waals surface area contributed by atoms with Crippen molar-refractivity contribution in [2.75, 3.05) is 25.7 Å². The summed E-state index contributed by atoms with van der Waals surface area (Å²) < 4.78 is 41.4. The number of aromatic nitrogens is 3. The number of benzene rings is 3. The number of rotatable bonds is 10. The number of carboxylic acid groups (broad SMARTS) is 1. The second kappa shape index (κ2) is 19.5. The number of nitrogens with zero attached hydrogens (tertiary/aromatic N) is 5. The van der Waals surface area contributed by atoms with Crippen molar-refractivity contribution in [3.05, 3.63) is 108 Å². The lowest BCUT2D eigenvalue weighted by Gasteiger charge is -2.30. The molecule has 0 saturated carbocycles. The van der Waals surface area contributed by atoms with Crippen LogP contribution in [0.4, 0.5) is 23.7 Å². The Morgan fingerprint density at radius 2 is 1.65 bits per heavy atom. The van der Waals surface area contributed by atoms with E-state index in [1.165, 1.54) is 14.2 Å². The standard InChI is InChI=1S/C48H49N7O6.C2HF3O2/c1-27(2)43(53-48(59)61-4)47(58)54-22-6-9-40(54)38-21-20-37(51-38)32-17-19-36-31(23-32)16-18-35(50-36)28-10-12-29(13-11-28)39-26-49-45(52-39)41-24-33-8-5-7-30-14-15-34(25-42(56)60-3)46(57)55(41)44(30)33;3-2(4,5)1(6)7/h5,7-8,10-13,16-20,23,26-27,34,40-41,43H,6,9,14-15,21-22,24-25H2,1-4H3,(H,49,52)(H,53,59);(H,6,7)/t34-,40+,41+,43+;/m1./s1. The van der Waals surface area contributed by atoms with E-state index in [4.69, 9.17) is 34.3 Å². The molecule has 2 aromatic heterocycles. The zero-order valence-corrected chi connectivity index (χ0v) is 37.8. The number of fused-ring (bicyclic) bond motifs is 1. The molecule has 5 aromatic rings. The number of alkyl carbamates (subject to hydrolysis) is 1. The third kappa shape index (κ3) is 9.71. The topological polar surface area (TPSA) is 196 Å². The number of allylic oxidation sites excluding steroid dienone is 1. The average molecular weight is 934 g/mol. The molecule has 4 atom stereocenters. The van der Waals surface area contributed by atoms with Gasteiger partial charge in [-0.1, -0.05) is 74.5 Å². The number of aromatic amines is 1. The molecule has 68 heavy (non-hydrogen) atoms. The quantitative estimate of drug-likeness (QED) is 0.115. The molecule has 1 fully saturated rings. The SMILES string of the molecule is COC(=O)C[C@H]1CCc2cccc3c2N(C1=O)[C@H](c1ncc(-c2ccc(-c4ccc5cc(C6=CCC([C@@H]7CCCN7C(=O)[C@@H](NC(=O)OC)C(C)C)=N6)ccc5n4)cc2)[nH]1)C3.O=C(O)C(F)(F)F. The van der Waals surface area contributed by atoms with Gasteiger partial charge in [0, 0.05) is 47.5 Å². The molecule has 3 amide bonds. The molecule has 4 aliphatic heterocycles. The number of hydrogen-bond acceptors (Lipinski definition) is 10. The predicted octanol–water partition coefficient (Wildman–Crippen LogP) is 8.24. The maximum atomic E-state index is 14.0. The molecule has 0 unspecified atom stereocenters. The van der Waals surface area contributed by atoms with Crippen molar-refractivity contribution in [2.45, 2.75) is 83.1 Å². The number of halogens is 3. The number of aryl methyl sites for hydroxylation is 1. The maximum Gasteiger partial charge on any atom is 0.490 e. The molecule has 0 spiro atoms. The van der Waals surface area contributed by atoms with Crippen molar-refractivity contribution in [1.29, 1.82) is 0 Å². The first kappa shape index (κ1) is 47.1. The summed E-state index contributed by atoms with van der Waals surface area (Å²) in [6.07, 6.45) is 2.65. The highest BCUT2D eigenvalue weighted by Gasteiger charge is 2.43. The summed E-state index contributed by atoms with van der Waals surface area (Å²) in [5.74, 6) is -3.14. The fourth-order valence-corrected chi connectivity index (χ4v) is 9.40. The van der Waals surface area contributed by atoms with Gasteiger partial charge in [-0.15, -0.1) is 0 Å². The molecule has 0 bridgehead atoms. The number of esters is 1. The fraction of sp³-hybridized carbons (Fsp3) is 0.360. The number of aliphatic carboxylic acids is 1. The van der Waals surface area contributed by atoms with Crippen LogP contribution in [0.2, 0.25) is 0 Å². The number of ether oxygens (including phenoxy) is 2. The van der Waals surface area contributed by atoms with Gasteiger partial charge in [-0.25, -0.2) is 19.6 Å². The second-order valence-corrected chi connectivity index (χ2v) is 17.5. The van der Waals surface area contributed by atoms with Crippen molar-refractivity contribution in [1.82, 2.24) is 25.2 Å². The minimum atomic E-state index is -5.08. The van der Waals surface area contributed by atoms with Crippen LogP contribution in [0.3, 0.4) is 0 Å². The Bertz CT molecular complexity index is 2840. The number of methoxy groups -OCH3 is 2. The average Bonchev–Trinajstić information content (AvgIpc) is 4.17. The monoisotopic (exact) mass is 933 g/mol. The lowest BCUT2D eigenvalue weighted by Crippen LogP contribution is -2.53. The van der Waals surface area contributed by atoms with Crippen LogP contribution in [0.1, 0.15) is 74.5 Å². The largest absolute Gasteiger partial charge is 0.490 e. The van der Waals surface area contributed by atoms with Gasteiger partial charge in [0.05, 0.1) is 67.2 Å². The van der Waals surface area contributed by atoms with Gasteiger partial charge >= 0.3 is 24.2 Å². The highest BCUT2D eigenvalue weighted by atomic mass is 19.4. The van der Waals surface area contributed by atoms with Crippen LogP contribution in [-0.4, -0.2) is 99.5 Å². The number of para-hydroxylation sites is 1. The number of H-pyrrole nitrogens is 1. The third-order valence-corrected chi connectivity index (χ3v) is 12.9. The Hall–Kier alpha value is -7.37. The molecule has 1 saturated heterocycles. The van der Waals surface area contributed by atoms with Crippen molar-refractivity contribution < 1.29 is 51.7 Å². The van der Waals surface area contributed by atoms with E-state index < -0.39 is 30.2 Å². The highest BCUT2D eigenvalue weighted by molar-refractivity contribution is 6.03. The number of carbonyl (C=O) groups is 5. The maximum absolute atomic E-state index is 14.0. The molecule has 15 nitrogen and oxygen atoms in total. The number of carboxylic acids is 1. The third-order valence-electron chi connectivity index (χ3n) is 12.9. The Morgan fingerprint density at radius 1 is 0.926 bits per heavy atom.